The largest absolute Gasteiger partial charge is 0.337 e. The Balaban J connectivity index is 1.79. The summed E-state index contributed by atoms with van der Waals surface area (Å²) in [6, 6.07) is 0. The van der Waals surface area contributed by atoms with E-state index < -0.39 is 0 Å². The highest BCUT2D eigenvalue weighted by Gasteiger charge is 2.21. The molecule has 1 aliphatic rings. The monoisotopic (exact) mass is 386 g/mol. The van der Waals surface area contributed by atoms with Crippen LogP contribution in [0.3, 0.4) is 0 Å². The van der Waals surface area contributed by atoms with Gasteiger partial charge in [0.1, 0.15) is 10.7 Å². The first-order valence-electron chi connectivity index (χ1n) is 8.94. The lowest BCUT2D eigenvalue weighted by atomic mass is 10.1. The minimum atomic E-state index is 0.0802. The third-order valence-electron chi connectivity index (χ3n) is 4.85. The van der Waals surface area contributed by atoms with E-state index in [1.807, 2.05) is 17.8 Å². The fourth-order valence-electron chi connectivity index (χ4n) is 3.46. The highest BCUT2D eigenvalue weighted by atomic mass is 32.2. The number of thiophene rings is 1. The predicted octanol–water partition coefficient (Wildman–Crippen LogP) is 3.94. The molecule has 26 heavy (non-hydrogen) atoms. The van der Waals surface area contributed by atoms with Gasteiger partial charge < -0.3 is 4.57 Å². The summed E-state index contributed by atoms with van der Waals surface area (Å²) < 4.78 is 3.76. The minimum absolute atomic E-state index is 0.0802. The van der Waals surface area contributed by atoms with Gasteiger partial charge in [-0.25, -0.2) is 9.97 Å². The summed E-state index contributed by atoms with van der Waals surface area (Å²) in [7, 11) is 1.98. The third-order valence-corrected chi connectivity index (χ3v) is 7.01. The van der Waals surface area contributed by atoms with Gasteiger partial charge in [-0.05, 0) is 31.2 Å². The number of hydrogen-bond donors (Lipinski definition) is 0. The molecule has 3 aromatic rings. The Morgan fingerprint density at radius 1 is 1.35 bits per heavy atom. The van der Waals surface area contributed by atoms with Crippen LogP contribution in [0.25, 0.3) is 10.2 Å². The van der Waals surface area contributed by atoms with E-state index >= 15 is 0 Å². The summed E-state index contributed by atoms with van der Waals surface area (Å²) in [4.78, 5) is 24.8. The molecule has 0 atom stereocenters. The Labute approximate surface area is 160 Å². The molecule has 0 saturated carbocycles. The smallest absolute Gasteiger partial charge is 0.263 e. The van der Waals surface area contributed by atoms with Crippen LogP contribution in [0.5, 0.6) is 0 Å². The molecule has 3 aromatic heterocycles. The number of fused-ring (bicyclic) bond motifs is 3. The Morgan fingerprint density at radius 3 is 2.96 bits per heavy atom. The van der Waals surface area contributed by atoms with Gasteiger partial charge in [0.15, 0.2) is 5.16 Å². The van der Waals surface area contributed by atoms with Crippen molar-refractivity contribution >= 4 is 33.3 Å². The van der Waals surface area contributed by atoms with Crippen LogP contribution in [0.15, 0.2) is 35.0 Å². The van der Waals surface area contributed by atoms with E-state index in [-0.39, 0.29) is 5.56 Å². The van der Waals surface area contributed by atoms with Crippen molar-refractivity contribution in [2.75, 3.05) is 0 Å². The van der Waals surface area contributed by atoms with Crippen LogP contribution in [0, 0.1) is 0 Å². The quantitative estimate of drug-likeness (QED) is 0.288. The van der Waals surface area contributed by atoms with Gasteiger partial charge in [-0.1, -0.05) is 24.3 Å². The van der Waals surface area contributed by atoms with E-state index in [4.69, 9.17) is 4.98 Å². The summed E-state index contributed by atoms with van der Waals surface area (Å²) >= 11 is 3.28. The van der Waals surface area contributed by atoms with Crippen molar-refractivity contribution in [3.05, 3.63) is 51.7 Å². The van der Waals surface area contributed by atoms with Crippen LogP contribution in [-0.2, 0) is 32.2 Å². The molecule has 136 valence electrons. The van der Waals surface area contributed by atoms with Crippen molar-refractivity contribution in [3.63, 3.8) is 0 Å². The van der Waals surface area contributed by atoms with Gasteiger partial charge in [0.25, 0.3) is 5.56 Å². The van der Waals surface area contributed by atoms with Crippen LogP contribution in [0.4, 0.5) is 0 Å². The molecule has 0 aromatic carbocycles. The van der Waals surface area contributed by atoms with Gasteiger partial charge in [-0.3, -0.25) is 9.36 Å². The van der Waals surface area contributed by atoms with E-state index in [2.05, 4.69) is 11.6 Å². The second-order valence-electron chi connectivity index (χ2n) is 6.59. The van der Waals surface area contributed by atoms with Gasteiger partial charge in [-0.15, -0.1) is 17.9 Å². The summed E-state index contributed by atoms with van der Waals surface area (Å²) in [6.45, 7) is 4.30. The first-order valence-corrected chi connectivity index (χ1v) is 10.7. The Hall–Kier alpha value is -1.86. The second-order valence-corrected chi connectivity index (χ2v) is 8.61. The van der Waals surface area contributed by atoms with Crippen molar-refractivity contribution in [2.24, 2.45) is 7.05 Å². The molecule has 0 bridgehead atoms. The average Bonchev–Trinajstić information content (AvgIpc) is 3.11. The number of thioether (sulfide) groups is 1. The molecule has 0 aliphatic heterocycles. The van der Waals surface area contributed by atoms with E-state index in [9.17, 15) is 4.79 Å². The van der Waals surface area contributed by atoms with Gasteiger partial charge in [0.05, 0.1) is 11.1 Å². The predicted molar refractivity (Wildman–Crippen MR) is 108 cm³/mol. The summed E-state index contributed by atoms with van der Waals surface area (Å²) in [5.74, 6) is 1.65. The van der Waals surface area contributed by atoms with Crippen LogP contribution in [0.1, 0.15) is 35.5 Å². The lowest BCUT2D eigenvalue weighted by Gasteiger charge is -2.10. The van der Waals surface area contributed by atoms with Crippen molar-refractivity contribution in [2.45, 2.75) is 49.6 Å². The van der Waals surface area contributed by atoms with Crippen LogP contribution in [-0.4, -0.2) is 19.1 Å². The molecular weight excluding hydrogens is 364 g/mol. The van der Waals surface area contributed by atoms with Crippen LogP contribution < -0.4 is 5.56 Å². The van der Waals surface area contributed by atoms with Gasteiger partial charge >= 0.3 is 0 Å². The zero-order valence-corrected chi connectivity index (χ0v) is 16.5. The first-order chi connectivity index (χ1) is 12.7. The van der Waals surface area contributed by atoms with E-state index in [0.29, 0.717) is 12.3 Å². The molecule has 0 saturated heterocycles. The van der Waals surface area contributed by atoms with Crippen molar-refractivity contribution in [1.29, 1.82) is 0 Å². The molecule has 0 N–H and O–H groups in total. The number of rotatable bonds is 5. The molecule has 1 aliphatic carbocycles. The van der Waals surface area contributed by atoms with Gasteiger partial charge in [0, 0.05) is 30.9 Å². The molecule has 0 fully saturated rings. The highest BCUT2D eigenvalue weighted by Crippen LogP contribution is 2.34. The summed E-state index contributed by atoms with van der Waals surface area (Å²) in [6.07, 6.45) is 11.2. The molecule has 7 heteroatoms. The lowest BCUT2D eigenvalue weighted by Crippen LogP contribution is -2.23. The number of imidazole rings is 1. The van der Waals surface area contributed by atoms with Crippen molar-refractivity contribution in [1.82, 2.24) is 19.1 Å². The zero-order chi connectivity index (χ0) is 18.1. The van der Waals surface area contributed by atoms with Crippen LogP contribution >= 0.6 is 23.1 Å². The zero-order valence-electron chi connectivity index (χ0n) is 14.9. The van der Waals surface area contributed by atoms with E-state index in [0.717, 1.165) is 40.5 Å². The molecule has 0 radical (unpaired) electrons. The van der Waals surface area contributed by atoms with Crippen molar-refractivity contribution < 1.29 is 0 Å². The molecule has 4 rings (SSSR count). The Bertz CT molecular complexity index is 1010. The topological polar surface area (TPSA) is 52.7 Å². The minimum Gasteiger partial charge on any atom is -0.337 e. The van der Waals surface area contributed by atoms with Gasteiger partial charge in [-0.2, -0.15) is 0 Å². The SMILES string of the molecule is C=CCn1c(SCc2nccn2C)nc2sc3c(c2c1=O)CCCCC3. The molecule has 0 amide bonds. The molecule has 3 heterocycles. The fraction of sp³-hybridized carbons (Fsp3) is 0.421. The first kappa shape index (κ1) is 17.5. The van der Waals surface area contributed by atoms with Gasteiger partial charge in [0.2, 0.25) is 0 Å². The maximum atomic E-state index is 13.3. The standard InChI is InChI=1S/C19H22N4OS2/c1-3-10-23-18(24)16-13-7-5-4-6-8-14(13)26-17(16)21-19(23)25-12-15-20-9-11-22(15)2/h3,9,11H,1,4-8,10,12H2,2H3. The number of hydrogen-bond acceptors (Lipinski definition) is 5. The van der Waals surface area contributed by atoms with E-state index in [1.54, 1.807) is 39.9 Å². The average molecular weight is 387 g/mol. The molecular formula is C19H22N4OS2. The van der Waals surface area contributed by atoms with Crippen LogP contribution in [0.2, 0.25) is 0 Å². The summed E-state index contributed by atoms with van der Waals surface area (Å²) in [5.41, 5.74) is 1.33. The highest BCUT2D eigenvalue weighted by molar-refractivity contribution is 7.98. The maximum Gasteiger partial charge on any atom is 0.263 e. The normalized spacial score (nSPS) is 14.3. The molecule has 0 spiro atoms. The number of nitrogens with zero attached hydrogens (tertiary/aromatic N) is 4. The molecule has 5 nitrogen and oxygen atoms in total. The van der Waals surface area contributed by atoms with Crippen molar-refractivity contribution in [3.8, 4) is 0 Å². The Morgan fingerprint density at radius 2 is 2.19 bits per heavy atom. The second kappa shape index (κ2) is 7.40. The summed E-state index contributed by atoms with van der Waals surface area (Å²) in [5, 5.41) is 1.59. The molecule has 0 unspecified atom stereocenters. The fourth-order valence-corrected chi connectivity index (χ4v) is 5.78. The maximum absolute atomic E-state index is 13.3. The number of allylic oxidation sites excluding steroid dienone is 1. The third kappa shape index (κ3) is 3.14. The van der Waals surface area contributed by atoms with E-state index in [1.165, 1.54) is 23.3 Å². The Kier molecular flexibility index (Phi) is 5.00. The number of aromatic nitrogens is 4. The lowest BCUT2D eigenvalue weighted by molar-refractivity contribution is 0.670. The number of aryl methyl sites for hydroxylation is 3.